The third kappa shape index (κ3) is 2.87. The van der Waals surface area contributed by atoms with Crippen LogP contribution in [0.3, 0.4) is 0 Å². The largest absolute Gasteiger partial charge is 0.369 e. The Morgan fingerprint density at radius 1 is 1.19 bits per heavy atom. The molecule has 2 aromatic heterocycles. The summed E-state index contributed by atoms with van der Waals surface area (Å²) in [5.41, 5.74) is 2.14. The van der Waals surface area contributed by atoms with Crippen LogP contribution in [0.5, 0.6) is 0 Å². The number of para-hydroxylation sites is 1. The van der Waals surface area contributed by atoms with Crippen LogP contribution in [0.25, 0.3) is 21.6 Å². The van der Waals surface area contributed by atoms with Crippen molar-refractivity contribution in [3.05, 3.63) is 40.2 Å². The maximum atomic E-state index is 6.03. The van der Waals surface area contributed by atoms with E-state index in [4.69, 9.17) is 21.6 Å². The van der Waals surface area contributed by atoms with E-state index >= 15 is 0 Å². The Balaban J connectivity index is 2.20. The van der Waals surface area contributed by atoms with Crippen LogP contribution in [-0.2, 0) is 0 Å². The molecule has 0 spiro atoms. The average Bonchev–Trinajstić information content (AvgIpc) is 2.92. The molecule has 3 aromatic rings. The van der Waals surface area contributed by atoms with Crippen molar-refractivity contribution in [2.75, 3.05) is 11.9 Å². The van der Waals surface area contributed by atoms with Crippen LogP contribution in [0.15, 0.2) is 30.3 Å². The number of benzene rings is 1. The van der Waals surface area contributed by atoms with Gasteiger partial charge in [0.15, 0.2) is 5.82 Å². The van der Waals surface area contributed by atoms with Crippen molar-refractivity contribution in [2.45, 2.75) is 20.3 Å². The van der Waals surface area contributed by atoms with Gasteiger partial charge in [0.2, 0.25) is 0 Å². The van der Waals surface area contributed by atoms with E-state index in [0.717, 1.165) is 50.3 Å². The quantitative estimate of drug-likeness (QED) is 0.723. The Kier molecular flexibility index (Phi) is 4.08. The van der Waals surface area contributed by atoms with E-state index in [9.17, 15) is 0 Å². The van der Waals surface area contributed by atoms with Crippen LogP contribution in [0.1, 0.15) is 18.9 Å². The first kappa shape index (κ1) is 14.3. The molecule has 1 aromatic carbocycles. The molecule has 0 saturated carbocycles. The van der Waals surface area contributed by atoms with Gasteiger partial charge in [-0.3, -0.25) is 0 Å². The number of hydrogen-bond acceptors (Lipinski definition) is 4. The van der Waals surface area contributed by atoms with Crippen LogP contribution >= 0.6 is 22.9 Å². The Bertz CT molecular complexity index is 782. The fourth-order valence-electron chi connectivity index (χ4n) is 2.22. The maximum Gasteiger partial charge on any atom is 0.172 e. The van der Waals surface area contributed by atoms with Gasteiger partial charge in [0, 0.05) is 11.9 Å². The molecule has 0 amide bonds. The number of aromatic nitrogens is 2. The summed E-state index contributed by atoms with van der Waals surface area (Å²) >= 11 is 7.53. The molecule has 0 aliphatic carbocycles. The fourth-order valence-corrected chi connectivity index (χ4v) is 3.20. The Labute approximate surface area is 133 Å². The van der Waals surface area contributed by atoms with E-state index < -0.39 is 0 Å². The van der Waals surface area contributed by atoms with Crippen molar-refractivity contribution in [1.29, 1.82) is 0 Å². The summed E-state index contributed by atoms with van der Waals surface area (Å²) in [6, 6.07) is 10.0. The van der Waals surface area contributed by atoms with Gasteiger partial charge in [0.1, 0.15) is 5.82 Å². The molecule has 0 bridgehead atoms. The van der Waals surface area contributed by atoms with E-state index in [1.807, 2.05) is 18.2 Å². The van der Waals surface area contributed by atoms with Crippen molar-refractivity contribution in [3.8, 4) is 10.7 Å². The van der Waals surface area contributed by atoms with E-state index in [0.29, 0.717) is 0 Å². The predicted octanol–water partition coefficient (Wildman–Crippen LogP) is 5.14. The zero-order chi connectivity index (χ0) is 14.8. The summed E-state index contributed by atoms with van der Waals surface area (Å²) in [5, 5.41) is 4.47. The minimum absolute atomic E-state index is 0.729. The summed E-state index contributed by atoms with van der Waals surface area (Å²) in [6.07, 6.45) is 1.05. The van der Waals surface area contributed by atoms with Crippen molar-refractivity contribution in [3.63, 3.8) is 0 Å². The van der Waals surface area contributed by atoms with E-state index in [1.54, 1.807) is 0 Å². The highest BCUT2D eigenvalue weighted by Crippen LogP contribution is 2.32. The molecule has 21 heavy (non-hydrogen) atoms. The van der Waals surface area contributed by atoms with Crippen molar-refractivity contribution in [1.82, 2.24) is 9.97 Å². The number of halogens is 1. The minimum atomic E-state index is 0.729. The first-order chi connectivity index (χ1) is 10.2. The summed E-state index contributed by atoms with van der Waals surface area (Å²) < 4.78 is 0.751. The topological polar surface area (TPSA) is 37.8 Å². The molecule has 0 fully saturated rings. The van der Waals surface area contributed by atoms with Gasteiger partial charge in [-0.15, -0.1) is 11.3 Å². The number of rotatable bonds is 4. The second-order valence-corrected chi connectivity index (χ2v) is 6.61. The number of fused-ring (bicyclic) bond motifs is 1. The van der Waals surface area contributed by atoms with Gasteiger partial charge in [-0.1, -0.05) is 30.7 Å². The van der Waals surface area contributed by atoms with Gasteiger partial charge in [-0.05, 0) is 37.1 Å². The van der Waals surface area contributed by atoms with E-state index in [1.165, 1.54) is 11.3 Å². The van der Waals surface area contributed by atoms with Gasteiger partial charge in [0.05, 0.1) is 14.7 Å². The number of hydrogen-bond donors (Lipinski definition) is 1. The summed E-state index contributed by atoms with van der Waals surface area (Å²) in [6.45, 7) is 5.11. The highest BCUT2D eigenvalue weighted by atomic mass is 35.5. The molecule has 1 N–H and O–H groups in total. The monoisotopic (exact) mass is 317 g/mol. The highest BCUT2D eigenvalue weighted by Gasteiger charge is 2.12. The number of nitrogens with one attached hydrogen (secondary N) is 1. The molecule has 0 atom stereocenters. The normalized spacial score (nSPS) is 11.0. The molecule has 108 valence electrons. The lowest BCUT2D eigenvalue weighted by Crippen LogP contribution is -2.05. The van der Waals surface area contributed by atoms with Gasteiger partial charge in [0.25, 0.3) is 0 Å². The van der Waals surface area contributed by atoms with E-state index in [-0.39, 0.29) is 0 Å². The van der Waals surface area contributed by atoms with Crippen LogP contribution in [0.2, 0.25) is 4.34 Å². The number of thiophene rings is 1. The van der Waals surface area contributed by atoms with Crippen LogP contribution < -0.4 is 5.32 Å². The number of aryl methyl sites for hydroxylation is 1. The maximum absolute atomic E-state index is 6.03. The third-order valence-electron chi connectivity index (χ3n) is 3.26. The van der Waals surface area contributed by atoms with Crippen LogP contribution in [0, 0.1) is 6.92 Å². The zero-order valence-corrected chi connectivity index (χ0v) is 13.6. The second-order valence-electron chi connectivity index (χ2n) is 4.90. The molecule has 0 aliphatic heterocycles. The number of anilines is 1. The Morgan fingerprint density at radius 2 is 2.05 bits per heavy atom. The Hall–Kier alpha value is -1.65. The Morgan fingerprint density at radius 3 is 2.76 bits per heavy atom. The lowest BCUT2D eigenvalue weighted by Gasteiger charge is -2.11. The summed E-state index contributed by atoms with van der Waals surface area (Å²) in [4.78, 5) is 10.4. The SMILES string of the molecule is CCCNc1nc(-c2ccc(Cl)s2)nc2c(C)cccc12. The average molecular weight is 318 g/mol. The highest BCUT2D eigenvalue weighted by molar-refractivity contribution is 7.19. The lowest BCUT2D eigenvalue weighted by molar-refractivity contribution is 0.970. The third-order valence-corrected chi connectivity index (χ3v) is 4.49. The zero-order valence-electron chi connectivity index (χ0n) is 12.0. The fraction of sp³-hybridized carbons (Fsp3) is 0.250. The molecule has 0 unspecified atom stereocenters. The van der Waals surface area contributed by atoms with Gasteiger partial charge >= 0.3 is 0 Å². The molecule has 0 saturated heterocycles. The minimum Gasteiger partial charge on any atom is -0.369 e. The standard InChI is InChI=1S/C16H16ClN3S/c1-3-9-18-15-11-6-4-5-10(2)14(11)19-16(20-15)12-7-8-13(17)21-12/h4-8H,3,9H2,1-2H3,(H,18,19,20). The van der Waals surface area contributed by atoms with Gasteiger partial charge in [-0.2, -0.15) is 0 Å². The summed E-state index contributed by atoms with van der Waals surface area (Å²) in [7, 11) is 0. The van der Waals surface area contributed by atoms with Crippen LogP contribution in [-0.4, -0.2) is 16.5 Å². The summed E-state index contributed by atoms with van der Waals surface area (Å²) in [5.74, 6) is 1.62. The van der Waals surface area contributed by atoms with Gasteiger partial charge < -0.3 is 5.32 Å². The lowest BCUT2D eigenvalue weighted by atomic mass is 10.1. The predicted molar refractivity (Wildman–Crippen MR) is 91.4 cm³/mol. The first-order valence-electron chi connectivity index (χ1n) is 6.96. The number of nitrogens with zero attached hydrogens (tertiary/aromatic N) is 2. The smallest absolute Gasteiger partial charge is 0.172 e. The molecular formula is C16H16ClN3S. The first-order valence-corrected chi connectivity index (χ1v) is 8.15. The molecular weight excluding hydrogens is 302 g/mol. The molecule has 2 heterocycles. The molecule has 5 heteroatoms. The van der Waals surface area contributed by atoms with Gasteiger partial charge in [-0.25, -0.2) is 9.97 Å². The van der Waals surface area contributed by atoms with E-state index in [2.05, 4.69) is 31.3 Å². The van der Waals surface area contributed by atoms with Crippen molar-refractivity contribution >= 4 is 39.7 Å². The van der Waals surface area contributed by atoms with Crippen molar-refractivity contribution in [2.24, 2.45) is 0 Å². The molecule has 0 radical (unpaired) electrons. The molecule has 0 aliphatic rings. The van der Waals surface area contributed by atoms with Crippen LogP contribution in [0.4, 0.5) is 5.82 Å². The molecule has 3 rings (SSSR count). The second kappa shape index (κ2) is 6.00. The molecule has 3 nitrogen and oxygen atoms in total. The van der Waals surface area contributed by atoms with Crippen molar-refractivity contribution < 1.29 is 0 Å².